The van der Waals surface area contributed by atoms with Crippen LogP contribution in [0.2, 0.25) is 5.02 Å². The summed E-state index contributed by atoms with van der Waals surface area (Å²) >= 11 is 5.87. The molecule has 0 radical (unpaired) electrons. The summed E-state index contributed by atoms with van der Waals surface area (Å²) in [5.41, 5.74) is 2.85. The second-order valence-electron chi connectivity index (χ2n) is 6.70. The Bertz CT molecular complexity index is 1180. The number of benzene rings is 2. The van der Waals surface area contributed by atoms with Gasteiger partial charge < -0.3 is 10.6 Å². The molecule has 2 aromatic carbocycles. The number of nitrogens with zero attached hydrogens (tertiary/aromatic N) is 3. The first-order valence-corrected chi connectivity index (χ1v) is 9.81. The number of hydrogen-bond donors (Lipinski definition) is 2. The van der Waals surface area contributed by atoms with Crippen molar-refractivity contribution in [3.8, 4) is 11.3 Å². The van der Waals surface area contributed by atoms with Crippen molar-refractivity contribution in [2.45, 2.75) is 13.0 Å². The highest BCUT2D eigenvalue weighted by Crippen LogP contribution is 2.28. The number of anilines is 1. The first-order chi connectivity index (χ1) is 14.6. The van der Waals surface area contributed by atoms with E-state index in [0.717, 1.165) is 5.56 Å². The first kappa shape index (κ1) is 19.8. The molecule has 0 saturated carbocycles. The molecule has 6 nitrogen and oxygen atoms in total. The second kappa shape index (κ2) is 8.92. The van der Waals surface area contributed by atoms with Crippen LogP contribution in [0, 0.1) is 5.82 Å². The van der Waals surface area contributed by atoms with Gasteiger partial charge in [0.25, 0.3) is 0 Å². The van der Waals surface area contributed by atoms with Gasteiger partial charge in [-0.2, -0.15) is 0 Å². The van der Waals surface area contributed by atoms with Crippen LogP contribution in [0.4, 0.5) is 10.2 Å². The molecule has 4 rings (SSSR count). The van der Waals surface area contributed by atoms with E-state index in [4.69, 9.17) is 11.6 Å². The molecule has 0 atom stereocenters. The number of halogens is 2. The lowest BCUT2D eigenvalue weighted by Crippen LogP contribution is -2.25. The van der Waals surface area contributed by atoms with Crippen LogP contribution in [0.5, 0.6) is 0 Å². The molecule has 2 N–H and O–H groups in total. The van der Waals surface area contributed by atoms with Crippen molar-refractivity contribution in [1.82, 2.24) is 19.7 Å². The molecule has 152 valence electrons. The number of carbonyl (C=O) groups excluding carboxylic acids is 1. The normalized spacial score (nSPS) is 10.9. The van der Waals surface area contributed by atoms with Crippen molar-refractivity contribution >= 4 is 29.0 Å². The van der Waals surface area contributed by atoms with Gasteiger partial charge in [-0.05, 0) is 29.8 Å². The van der Waals surface area contributed by atoms with Gasteiger partial charge in [0.05, 0.1) is 6.20 Å². The Morgan fingerprint density at radius 2 is 2.00 bits per heavy atom. The highest BCUT2D eigenvalue weighted by Gasteiger charge is 2.15. The maximum atomic E-state index is 13.7. The molecule has 0 spiro atoms. The van der Waals surface area contributed by atoms with Crippen LogP contribution in [-0.4, -0.2) is 26.8 Å². The van der Waals surface area contributed by atoms with Crippen LogP contribution >= 0.6 is 11.6 Å². The van der Waals surface area contributed by atoms with Gasteiger partial charge in [0, 0.05) is 42.5 Å². The van der Waals surface area contributed by atoms with E-state index in [0.29, 0.717) is 40.8 Å². The first-order valence-electron chi connectivity index (χ1n) is 9.43. The summed E-state index contributed by atoms with van der Waals surface area (Å²) < 4.78 is 15.5. The Morgan fingerprint density at radius 1 is 1.17 bits per heavy atom. The van der Waals surface area contributed by atoms with E-state index in [2.05, 4.69) is 20.6 Å². The molecule has 2 heterocycles. The van der Waals surface area contributed by atoms with Gasteiger partial charge in [-0.3, -0.25) is 14.2 Å². The molecule has 0 saturated heterocycles. The van der Waals surface area contributed by atoms with E-state index in [1.165, 1.54) is 12.1 Å². The maximum Gasteiger partial charge on any atom is 0.222 e. The Labute approximate surface area is 177 Å². The minimum absolute atomic E-state index is 0.0831. The summed E-state index contributed by atoms with van der Waals surface area (Å²) in [5.74, 6) is 0.263. The summed E-state index contributed by atoms with van der Waals surface area (Å²) in [6.45, 7) is 0.830. The van der Waals surface area contributed by atoms with Gasteiger partial charge in [-0.1, -0.05) is 35.9 Å². The van der Waals surface area contributed by atoms with Crippen molar-refractivity contribution in [2.75, 3.05) is 11.9 Å². The van der Waals surface area contributed by atoms with Gasteiger partial charge in [-0.25, -0.2) is 9.37 Å². The zero-order valence-corrected chi connectivity index (χ0v) is 16.7. The third-order valence-electron chi connectivity index (χ3n) is 4.58. The van der Waals surface area contributed by atoms with Crippen LogP contribution < -0.4 is 10.6 Å². The molecule has 30 heavy (non-hydrogen) atoms. The maximum absolute atomic E-state index is 13.7. The van der Waals surface area contributed by atoms with E-state index in [1.54, 1.807) is 42.9 Å². The number of imidazole rings is 1. The van der Waals surface area contributed by atoms with Gasteiger partial charge in [0.1, 0.15) is 17.3 Å². The zero-order chi connectivity index (χ0) is 20.9. The average molecular weight is 424 g/mol. The van der Waals surface area contributed by atoms with E-state index >= 15 is 0 Å². The molecule has 0 unspecified atom stereocenters. The zero-order valence-electron chi connectivity index (χ0n) is 16.0. The SMILES string of the molecule is O=C(CCNc1c(-c2cccc(F)c2)nc2cnccn12)NCc1ccc(Cl)cc1. The smallest absolute Gasteiger partial charge is 0.222 e. The number of carbonyl (C=O) groups is 1. The Kier molecular flexibility index (Phi) is 5.90. The number of hydrogen-bond acceptors (Lipinski definition) is 4. The summed E-state index contributed by atoms with van der Waals surface area (Å²) in [6, 6.07) is 13.6. The van der Waals surface area contributed by atoms with Crippen LogP contribution in [0.1, 0.15) is 12.0 Å². The number of rotatable bonds is 7. The lowest BCUT2D eigenvalue weighted by atomic mass is 10.1. The molecule has 0 aliphatic rings. The second-order valence-corrected chi connectivity index (χ2v) is 7.14. The fraction of sp³-hybridized carbons (Fsp3) is 0.136. The third kappa shape index (κ3) is 4.58. The minimum atomic E-state index is -0.338. The monoisotopic (exact) mass is 423 g/mol. The Hall–Kier alpha value is -3.45. The molecule has 0 fully saturated rings. The predicted molar refractivity (Wildman–Crippen MR) is 115 cm³/mol. The third-order valence-corrected chi connectivity index (χ3v) is 4.83. The number of aromatic nitrogens is 3. The van der Waals surface area contributed by atoms with Crippen molar-refractivity contribution in [3.05, 3.63) is 83.5 Å². The van der Waals surface area contributed by atoms with Gasteiger partial charge in [0.15, 0.2) is 5.65 Å². The fourth-order valence-electron chi connectivity index (χ4n) is 3.10. The predicted octanol–water partition coefficient (Wildman–Crippen LogP) is 4.31. The molecule has 0 aliphatic carbocycles. The van der Waals surface area contributed by atoms with E-state index in [1.807, 2.05) is 16.5 Å². The van der Waals surface area contributed by atoms with Gasteiger partial charge >= 0.3 is 0 Å². The summed E-state index contributed by atoms with van der Waals surface area (Å²) in [7, 11) is 0. The molecular formula is C22H19ClFN5O. The molecule has 2 aromatic heterocycles. The van der Waals surface area contributed by atoms with Crippen LogP contribution in [0.25, 0.3) is 16.9 Å². The minimum Gasteiger partial charge on any atom is -0.369 e. The molecule has 4 aromatic rings. The molecule has 1 amide bonds. The highest BCUT2D eigenvalue weighted by molar-refractivity contribution is 6.30. The average Bonchev–Trinajstić information content (AvgIpc) is 3.12. The largest absolute Gasteiger partial charge is 0.369 e. The molecule has 0 aliphatic heterocycles. The quantitative estimate of drug-likeness (QED) is 0.464. The van der Waals surface area contributed by atoms with Crippen LogP contribution in [0.3, 0.4) is 0 Å². The molecular weight excluding hydrogens is 405 g/mol. The van der Waals surface area contributed by atoms with E-state index < -0.39 is 0 Å². The lowest BCUT2D eigenvalue weighted by Gasteiger charge is -2.10. The van der Waals surface area contributed by atoms with E-state index in [9.17, 15) is 9.18 Å². The molecule has 8 heteroatoms. The summed E-state index contributed by atoms with van der Waals surface area (Å²) in [5, 5.41) is 6.81. The van der Waals surface area contributed by atoms with Crippen molar-refractivity contribution in [1.29, 1.82) is 0 Å². The summed E-state index contributed by atoms with van der Waals surface area (Å²) in [6.07, 6.45) is 5.32. The Balaban J connectivity index is 1.44. The van der Waals surface area contributed by atoms with Gasteiger partial charge in [-0.15, -0.1) is 0 Å². The van der Waals surface area contributed by atoms with Gasteiger partial charge in [0.2, 0.25) is 5.91 Å². The van der Waals surface area contributed by atoms with Crippen LogP contribution in [-0.2, 0) is 11.3 Å². The standard InChI is InChI=1S/C22H19ClFN5O/c23-17-6-4-15(5-7-17)13-27-20(30)8-9-26-22-21(16-2-1-3-18(24)12-16)28-19-14-25-10-11-29(19)22/h1-7,10-12,14,26H,8-9,13H2,(H,27,30). The van der Waals surface area contributed by atoms with Crippen LogP contribution in [0.15, 0.2) is 67.1 Å². The topological polar surface area (TPSA) is 71.3 Å². The van der Waals surface area contributed by atoms with Crippen molar-refractivity contribution < 1.29 is 9.18 Å². The Morgan fingerprint density at radius 3 is 2.80 bits per heavy atom. The fourth-order valence-corrected chi connectivity index (χ4v) is 3.22. The van der Waals surface area contributed by atoms with Crippen molar-refractivity contribution in [2.24, 2.45) is 0 Å². The number of fused-ring (bicyclic) bond motifs is 1. The highest BCUT2D eigenvalue weighted by atomic mass is 35.5. The summed E-state index contributed by atoms with van der Waals surface area (Å²) in [4.78, 5) is 20.9. The number of nitrogens with one attached hydrogen (secondary N) is 2. The van der Waals surface area contributed by atoms with Crippen molar-refractivity contribution in [3.63, 3.8) is 0 Å². The molecule has 0 bridgehead atoms. The van der Waals surface area contributed by atoms with E-state index in [-0.39, 0.29) is 18.1 Å². The number of amides is 1. The lowest BCUT2D eigenvalue weighted by molar-refractivity contribution is -0.121.